The molecule has 0 atom stereocenters. The zero-order valence-electron chi connectivity index (χ0n) is 18.2. The standard InChI is InChI=1S/C25H17Cl4NO4S/c1-33-22-9-14(3-7-21(22)34-13-16-4-5-17(26)11-19(16)28)10-23-24(31)30(25(32)35-23)12-15-2-6-18(27)20(29)8-15/h2-11H,12-13H2,1H3/b23-10-. The second kappa shape index (κ2) is 11.1. The molecule has 1 heterocycles. The van der Waals surface area contributed by atoms with E-state index in [1.807, 2.05) is 0 Å². The fraction of sp³-hybridized carbons (Fsp3) is 0.120. The van der Waals surface area contributed by atoms with E-state index in [1.165, 1.54) is 12.0 Å². The van der Waals surface area contributed by atoms with Gasteiger partial charge < -0.3 is 9.47 Å². The summed E-state index contributed by atoms with van der Waals surface area (Å²) in [5.74, 6) is 0.588. The van der Waals surface area contributed by atoms with Crippen LogP contribution in [0.4, 0.5) is 4.79 Å². The Bertz CT molecular complexity index is 1350. The maximum atomic E-state index is 12.9. The second-order valence-corrected chi connectivity index (χ2v) is 10.1. The molecule has 1 aliphatic heterocycles. The lowest BCUT2D eigenvalue weighted by molar-refractivity contribution is -0.123. The third-order valence-electron chi connectivity index (χ3n) is 5.08. The molecule has 3 aromatic rings. The number of carbonyl (C=O) groups is 2. The molecule has 0 unspecified atom stereocenters. The summed E-state index contributed by atoms with van der Waals surface area (Å²) in [5, 5.41) is 1.45. The van der Waals surface area contributed by atoms with Crippen molar-refractivity contribution in [3.63, 3.8) is 0 Å². The Hall–Kier alpha value is -2.35. The van der Waals surface area contributed by atoms with Crippen LogP contribution in [0.2, 0.25) is 20.1 Å². The number of amides is 2. The van der Waals surface area contributed by atoms with Crippen molar-refractivity contribution < 1.29 is 19.1 Å². The third kappa shape index (κ3) is 6.08. The molecule has 0 spiro atoms. The van der Waals surface area contributed by atoms with E-state index in [0.717, 1.165) is 17.3 Å². The van der Waals surface area contributed by atoms with Gasteiger partial charge in [-0.2, -0.15) is 0 Å². The third-order valence-corrected chi connectivity index (χ3v) is 7.32. The first-order valence-electron chi connectivity index (χ1n) is 10.2. The van der Waals surface area contributed by atoms with Gasteiger partial charge in [-0.1, -0.05) is 64.6 Å². The molecule has 1 aliphatic rings. The molecule has 1 fully saturated rings. The van der Waals surface area contributed by atoms with Crippen molar-refractivity contribution in [2.24, 2.45) is 0 Å². The maximum absolute atomic E-state index is 12.9. The van der Waals surface area contributed by atoms with E-state index < -0.39 is 0 Å². The van der Waals surface area contributed by atoms with Crippen LogP contribution in [0, 0.1) is 0 Å². The smallest absolute Gasteiger partial charge is 0.293 e. The topological polar surface area (TPSA) is 55.8 Å². The molecule has 0 aromatic heterocycles. The molecule has 3 aromatic carbocycles. The highest BCUT2D eigenvalue weighted by molar-refractivity contribution is 8.18. The molecule has 0 saturated carbocycles. The van der Waals surface area contributed by atoms with Crippen molar-refractivity contribution in [1.29, 1.82) is 0 Å². The van der Waals surface area contributed by atoms with Crippen molar-refractivity contribution in [3.05, 3.63) is 96.3 Å². The molecule has 10 heteroatoms. The predicted octanol–water partition coefficient (Wildman–Crippen LogP) is 8.12. The Kier molecular flexibility index (Phi) is 8.19. The summed E-state index contributed by atoms with van der Waals surface area (Å²) in [4.78, 5) is 26.9. The molecule has 1 saturated heterocycles. The van der Waals surface area contributed by atoms with Gasteiger partial charge in [-0.3, -0.25) is 14.5 Å². The largest absolute Gasteiger partial charge is 0.493 e. The van der Waals surface area contributed by atoms with Gasteiger partial charge in [-0.25, -0.2) is 0 Å². The lowest BCUT2D eigenvalue weighted by Crippen LogP contribution is -2.27. The Labute approximate surface area is 226 Å². The molecular formula is C25H17Cl4NO4S. The number of methoxy groups -OCH3 is 1. The van der Waals surface area contributed by atoms with Gasteiger partial charge in [0.05, 0.1) is 28.6 Å². The fourth-order valence-corrected chi connectivity index (χ4v) is 4.92. The molecule has 180 valence electrons. The van der Waals surface area contributed by atoms with Crippen LogP contribution in [0.15, 0.2) is 59.5 Å². The number of carbonyl (C=O) groups excluding carboxylic acids is 2. The minimum atomic E-state index is -0.386. The van der Waals surface area contributed by atoms with Crippen molar-refractivity contribution in [3.8, 4) is 11.5 Å². The van der Waals surface area contributed by atoms with Gasteiger partial charge in [-0.15, -0.1) is 0 Å². The highest BCUT2D eigenvalue weighted by Gasteiger charge is 2.35. The summed E-state index contributed by atoms with van der Waals surface area (Å²) in [6.45, 7) is 0.321. The van der Waals surface area contributed by atoms with Gasteiger partial charge in [0.1, 0.15) is 6.61 Å². The Morgan fingerprint density at radius 1 is 0.886 bits per heavy atom. The van der Waals surface area contributed by atoms with Crippen LogP contribution in [-0.4, -0.2) is 23.2 Å². The van der Waals surface area contributed by atoms with Gasteiger partial charge in [0.25, 0.3) is 11.1 Å². The van der Waals surface area contributed by atoms with Crippen LogP contribution in [0.1, 0.15) is 16.7 Å². The highest BCUT2D eigenvalue weighted by atomic mass is 35.5. The number of thioether (sulfide) groups is 1. The van der Waals surface area contributed by atoms with Crippen molar-refractivity contribution in [2.75, 3.05) is 7.11 Å². The van der Waals surface area contributed by atoms with Crippen LogP contribution in [0.3, 0.4) is 0 Å². The molecule has 35 heavy (non-hydrogen) atoms. The van der Waals surface area contributed by atoms with Crippen LogP contribution in [0.5, 0.6) is 11.5 Å². The van der Waals surface area contributed by atoms with Gasteiger partial charge in [-0.05, 0) is 65.4 Å². The summed E-state index contributed by atoms with van der Waals surface area (Å²) in [7, 11) is 1.52. The number of hydrogen-bond acceptors (Lipinski definition) is 5. The molecule has 0 bridgehead atoms. The van der Waals surface area contributed by atoms with Crippen molar-refractivity contribution in [1.82, 2.24) is 4.90 Å². The molecule has 0 radical (unpaired) electrons. The Morgan fingerprint density at radius 2 is 1.69 bits per heavy atom. The second-order valence-electron chi connectivity index (χ2n) is 7.45. The Morgan fingerprint density at radius 3 is 2.40 bits per heavy atom. The molecule has 0 N–H and O–H groups in total. The van der Waals surface area contributed by atoms with Crippen LogP contribution < -0.4 is 9.47 Å². The highest BCUT2D eigenvalue weighted by Crippen LogP contribution is 2.36. The molecule has 2 amide bonds. The SMILES string of the molecule is COc1cc(/C=C2\SC(=O)N(Cc3ccc(Cl)c(Cl)c3)C2=O)ccc1OCc1ccc(Cl)cc1Cl. The molecule has 5 nitrogen and oxygen atoms in total. The minimum absolute atomic E-state index is 0.0995. The first kappa shape index (κ1) is 25.7. The number of halogens is 4. The van der Waals surface area contributed by atoms with E-state index in [1.54, 1.807) is 60.7 Å². The van der Waals surface area contributed by atoms with E-state index in [2.05, 4.69) is 0 Å². The lowest BCUT2D eigenvalue weighted by atomic mass is 10.1. The summed E-state index contributed by atoms with van der Waals surface area (Å²) in [6.07, 6.45) is 1.64. The zero-order chi connectivity index (χ0) is 25.1. The summed E-state index contributed by atoms with van der Waals surface area (Å²) >= 11 is 25.0. The summed E-state index contributed by atoms with van der Waals surface area (Å²) < 4.78 is 11.3. The number of nitrogens with zero attached hydrogens (tertiary/aromatic N) is 1. The number of ether oxygens (including phenoxy) is 2. The van der Waals surface area contributed by atoms with Crippen molar-refractivity contribution in [2.45, 2.75) is 13.2 Å². The normalized spacial score (nSPS) is 14.7. The van der Waals surface area contributed by atoms with Crippen LogP contribution in [-0.2, 0) is 17.9 Å². The number of hydrogen-bond donors (Lipinski definition) is 0. The van der Waals surface area contributed by atoms with Crippen LogP contribution >= 0.6 is 58.2 Å². The number of rotatable bonds is 7. The maximum Gasteiger partial charge on any atom is 0.293 e. The van der Waals surface area contributed by atoms with E-state index in [4.69, 9.17) is 55.9 Å². The van der Waals surface area contributed by atoms with Gasteiger partial charge in [0.2, 0.25) is 0 Å². The van der Waals surface area contributed by atoms with E-state index in [9.17, 15) is 9.59 Å². The zero-order valence-corrected chi connectivity index (χ0v) is 22.0. The van der Waals surface area contributed by atoms with Gasteiger partial charge >= 0.3 is 0 Å². The molecule has 4 rings (SSSR count). The number of benzene rings is 3. The van der Waals surface area contributed by atoms with E-state index >= 15 is 0 Å². The Balaban J connectivity index is 1.49. The van der Waals surface area contributed by atoms with Crippen LogP contribution in [0.25, 0.3) is 6.08 Å². The van der Waals surface area contributed by atoms with Gasteiger partial charge in [0, 0.05) is 15.6 Å². The molecule has 0 aliphatic carbocycles. The van der Waals surface area contributed by atoms with E-state index in [-0.39, 0.29) is 24.3 Å². The number of imide groups is 1. The van der Waals surface area contributed by atoms with Gasteiger partial charge in [0.15, 0.2) is 11.5 Å². The fourth-order valence-electron chi connectivity index (χ4n) is 3.30. The van der Waals surface area contributed by atoms with E-state index in [0.29, 0.717) is 47.6 Å². The molecular weight excluding hydrogens is 552 g/mol. The average molecular weight is 569 g/mol. The lowest BCUT2D eigenvalue weighted by Gasteiger charge is -2.13. The first-order chi connectivity index (χ1) is 16.7. The minimum Gasteiger partial charge on any atom is -0.493 e. The first-order valence-corrected chi connectivity index (χ1v) is 12.5. The quantitative estimate of drug-likeness (QED) is 0.269. The average Bonchev–Trinajstić information content (AvgIpc) is 3.08. The predicted molar refractivity (Wildman–Crippen MR) is 142 cm³/mol. The van der Waals surface area contributed by atoms with Crippen molar-refractivity contribution >= 4 is 75.4 Å². The summed E-state index contributed by atoms with van der Waals surface area (Å²) in [5.41, 5.74) is 2.16. The summed E-state index contributed by atoms with van der Waals surface area (Å²) in [6, 6.07) is 15.4. The monoisotopic (exact) mass is 567 g/mol.